The second-order valence-electron chi connectivity index (χ2n) is 5.99. The fraction of sp³-hybridized carbons (Fsp3) is 0.158. The highest BCUT2D eigenvalue weighted by atomic mass is 32.1. The summed E-state index contributed by atoms with van der Waals surface area (Å²) in [4.78, 5) is 29.6. The lowest BCUT2D eigenvalue weighted by Crippen LogP contribution is -2.40. The number of amides is 2. The van der Waals surface area contributed by atoms with E-state index in [0.29, 0.717) is 34.5 Å². The molecule has 0 atom stereocenters. The molecule has 0 saturated carbocycles. The molecule has 7 nitrogen and oxygen atoms in total. The Morgan fingerprint density at radius 3 is 2.68 bits per heavy atom. The van der Waals surface area contributed by atoms with Gasteiger partial charge in [-0.25, -0.2) is 9.88 Å². The quantitative estimate of drug-likeness (QED) is 0.622. The third-order valence-electron chi connectivity index (χ3n) is 3.90. The third-order valence-corrected chi connectivity index (χ3v) is 4.91. The van der Waals surface area contributed by atoms with Gasteiger partial charge in [0.25, 0.3) is 5.91 Å². The van der Waals surface area contributed by atoms with Crippen molar-refractivity contribution in [2.45, 2.75) is 20.4 Å². The topological polar surface area (TPSA) is 101 Å². The zero-order valence-electron chi connectivity index (χ0n) is 15.3. The fourth-order valence-corrected chi connectivity index (χ4v) is 3.55. The van der Waals surface area contributed by atoms with Gasteiger partial charge >= 0.3 is 0 Å². The molecule has 0 radical (unpaired) electrons. The van der Waals surface area contributed by atoms with E-state index in [1.54, 1.807) is 29.6 Å². The lowest BCUT2D eigenvalue weighted by Gasteiger charge is -2.17. The van der Waals surface area contributed by atoms with Crippen molar-refractivity contribution in [1.29, 1.82) is 0 Å². The molecule has 9 heteroatoms. The number of carbonyl (C=O) groups is 2. The SMILES string of the molecule is CC(=O)NCc1oc(-c2csc(N(C(=O)c3ccccc3)C(N)=S)n2)cc1C. The number of aryl methyl sites for hydroxylation is 1. The number of hydrogen-bond acceptors (Lipinski definition) is 6. The van der Waals surface area contributed by atoms with E-state index in [1.807, 2.05) is 19.1 Å². The minimum absolute atomic E-state index is 0.0864. The first kappa shape index (κ1) is 19.7. The van der Waals surface area contributed by atoms with E-state index < -0.39 is 0 Å². The van der Waals surface area contributed by atoms with Crippen molar-refractivity contribution in [3.63, 3.8) is 0 Å². The molecule has 0 aliphatic heterocycles. The molecule has 3 rings (SSSR count). The molecule has 28 heavy (non-hydrogen) atoms. The van der Waals surface area contributed by atoms with Crippen LogP contribution in [0.25, 0.3) is 11.5 Å². The van der Waals surface area contributed by atoms with Crippen LogP contribution in [0.1, 0.15) is 28.6 Å². The van der Waals surface area contributed by atoms with E-state index >= 15 is 0 Å². The van der Waals surface area contributed by atoms with Crippen molar-refractivity contribution in [2.75, 3.05) is 4.90 Å². The molecule has 2 aromatic heterocycles. The summed E-state index contributed by atoms with van der Waals surface area (Å²) in [6.45, 7) is 3.63. The van der Waals surface area contributed by atoms with Crippen molar-refractivity contribution in [1.82, 2.24) is 10.3 Å². The minimum Gasteiger partial charge on any atom is -0.457 e. The molecule has 1 aromatic carbocycles. The molecule has 144 valence electrons. The summed E-state index contributed by atoms with van der Waals surface area (Å²) in [7, 11) is 0. The second kappa shape index (κ2) is 8.32. The molecule has 3 aromatic rings. The average molecular weight is 415 g/mol. The fourth-order valence-electron chi connectivity index (χ4n) is 2.50. The maximum absolute atomic E-state index is 12.8. The highest BCUT2D eigenvalue weighted by Gasteiger charge is 2.24. The van der Waals surface area contributed by atoms with Crippen molar-refractivity contribution >= 4 is 45.6 Å². The number of thiocarbonyl (C=S) groups is 1. The Balaban J connectivity index is 1.88. The molecule has 0 saturated heterocycles. The van der Waals surface area contributed by atoms with Gasteiger partial charge in [0.15, 0.2) is 16.0 Å². The molecule has 0 bridgehead atoms. The van der Waals surface area contributed by atoms with Gasteiger partial charge in [0.05, 0.1) is 6.54 Å². The summed E-state index contributed by atoms with van der Waals surface area (Å²) in [6, 6.07) is 10.6. The Kier molecular flexibility index (Phi) is 5.86. The molecule has 0 aliphatic rings. The predicted octanol–water partition coefficient (Wildman–Crippen LogP) is 3.24. The Labute approximate surface area is 171 Å². The van der Waals surface area contributed by atoms with Crippen LogP contribution in [0.15, 0.2) is 46.2 Å². The van der Waals surface area contributed by atoms with Gasteiger partial charge in [-0.05, 0) is 42.9 Å². The number of hydrogen-bond donors (Lipinski definition) is 2. The maximum atomic E-state index is 12.8. The number of aromatic nitrogens is 1. The van der Waals surface area contributed by atoms with Gasteiger partial charge in [-0.3, -0.25) is 9.59 Å². The van der Waals surface area contributed by atoms with Crippen molar-refractivity contribution in [3.8, 4) is 11.5 Å². The number of nitrogens with one attached hydrogen (secondary N) is 1. The lowest BCUT2D eigenvalue weighted by molar-refractivity contribution is -0.119. The Morgan fingerprint density at radius 1 is 1.32 bits per heavy atom. The summed E-state index contributed by atoms with van der Waals surface area (Å²) in [5.41, 5.74) is 7.70. The molecular formula is C19H18N4O3S2. The van der Waals surface area contributed by atoms with Gasteiger partial charge in [0, 0.05) is 17.9 Å². The van der Waals surface area contributed by atoms with E-state index in [2.05, 4.69) is 10.3 Å². The standard InChI is InChI=1S/C19H18N4O3S2/c1-11-8-15(26-16(11)9-21-12(2)24)14-10-28-19(22-14)23(18(20)27)17(25)13-6-4-3-5-7-13/h3-8,10H,9H2,1-2H3,(H2,20,27)(H,21,24). The van der Waals surface area contributed by atoms with Crippen molar-refractivity contribution < 1.29 is 14.0 Å². The predicted molar refractivity (Wildman–Crippen MR) is 112 cm³/mol. The molecule has 0 spiro atoms. The van der Waals surface area contributed by atoms with E-state index in [1.165, 1.54) is 23.2 Å². The largest absolute Gasteiger partial charge is 0.457 e. The number of thiazole rings is 1. The number of benzene rings is 1. The second-order valence-corrected chi connectivity index (χ2v) is 7.24. The molecule has 0 fully saturated rings. The first-order chi connectivity index (χ1) is 13.4. The monoisotopic (exact) mass is 414 g/mol. The van der Waals surface area contributed by atoms with E-state index in [9.17, 15) is 9.59 Å². The highest BCUT2D eigenvalue weighted by Crippen LogP contribution is 2.31. The molecule has 0 unspecified atom stereocenters. The van der Waals surface area contributed by atoms with Crippen LogP contribution in [-0.4, -0.2) is 21.9 Å². The molecule has 2 heterocycles. The Morgan fingerprint density at radius 2 is 2.04 bits per heavy atom. The number of anilines is 1. The van der Waals surface area contributed by atoms with Crippen LogP contribution in [0.3, 0.4) is 0 Å². The van der Waals surface area contributed by atoms with Gasteiger partial charge in [0.2, 0.25) is 5.91 Å². The van der Waals surface area contributed by atoms with Crippen LogP contribution in [0.5, 0.6) is 0 Å². The van der Waals surface area contributed by atoms with Crippen LogP contribution >= 0.6 is 23.6 Å². The molecular weight excluding hydrogens is 396 g/mol. The molecule has 2 amide bonds. The summed E-state index contributed by atoms with van der Waals surface area (Å²) in [5.74, 6) is 0.692. The minimum atomic E-state index is -0.351. The van der Waals surface area contributed by atoms with Crippen LogP contribution < -0.4 is 16.0 Å². The third kappa shape index (κ3) is 4.26. The summed E-state index contributed by atoms with van der Waals surface area (Å²) in [5, 5.41) is 4.73. The van der Waals surface area contributed by atoms with Gasteiger partial charge in [0.1, 0.15) is 11.5 Å². The normalized spacial score (nSPS) is 10.5. The van der Waals surface area contributed by atoms with Gasteiger partial charge in [-0.15, -0.1) is 11.3 Å². The van der Waals surface area contributed by atoms with Crippen molar-refractivity contribution in [3.05, 3.63) is 58.7 Å². The van der Waals surface area contributed by atoms with E-state index in [4.69, 9.17) is 22.4 Å². The van der Waals surface area contributed by atoms with Crippen LogP contribution in [0, 0.1) is 6.92 Å². The molecule has 0 aliphatic carbocycles. The number of nitrogens with two attached hydrogens (primary N) is 1. The number of furan rings is 1. The molecule has 3 N–H and O–H groups in total. The summed E-state index contributed by atoms with van der Waals surface area (Å²) < 4.78 is 5.81. The lowest BCUT2D eigenvalue weighted by atomic mass is 10.2. The Hall–Kier alpha value is -3.04. The summed E-state index contributed by atoms with van der Waals surface area (Å²) >= 11 is 6.30. The highest BCUT2D eigenvalue weighted by molar-refractivity contribution is 7.80. The summed E-state index contributed by atoms with van der Waals surface area (Å²) in [6.07, 6.45) is 0. The van der Waals surface area contributed by atoms with Crippen molar-refractivity contribution in [2.24, 2.45) is 5.73 Å². The first-order valence-electron chi connectivity index (χ1n) is 8.35. The maximum Gasteiger partial charge on any atom is 0.266 e. The van der Waals surface area contributed by atoms with Crippen LogP contribution in [-0.2, 0) is 11.3 Å². The van der Waals surface area contributed by atoms with Gasteiger partial charge < -0.3 is 15.5 Å². The number of nitrogens with zero attached hydrogens (tertiary/aromatic N) is 2. The van der Waals surface area contributed by atoms with Crippen LogP contribution in [0.2, 0.25) is 0 Å². The average Bonchev–Trinajstić information content (AvgIpc) is 3.27. The van der Waals surface area contributed by atoms with Gasteiger partial charge in [-0.2, -0.15) is 0 Å². The van der Waals surface area contributed by atoms with E-state index in [-0.39, 0.29) is 16.9 Å². The number of rotatable bonds is 5. The first-order valence-corrected chi connectivity index (χ1v) is 9.64. The van der Waals surface area contributed by atoms with E-state index in [0.717, 1.165) is 5.56 Å². The van der Waals surface area contributed by atoms with Crippen LogP contribution in [0.4, 0.5) is 5.13 Å². The zero-order chi connectivity index (χ0) is 20.3. The van der Waals surface area contributed by atoms with Gasteiger partial charge in [-0.1, -0.05) is 18.2 Å². The Bertz CT molecular complexity index is 1030. The zero-order valence-corrected chi connectivity index (χ0v) is 16.9. The smallest absolute Gasteiger partial charge is 0.266 e. The number of carbonyl (C=O) groups excluding carboxylic acids is 2.